The molecular formula is C12H18O3Si. The molecule has 0 unspecified atom stereocenters. The molecule has 0 heterocycles. The zero-order chi connectivity index (χ0) is 11.6. The fourth-order valence-corrected chi connectivity index (χ4v) is 1.95. The van der Waals surface area contributed by atoms with E-state index in [2.05, 4.69) is 12.1 Å². The molecule has 1 aromatic carbocycles. The highest BCUT2D eigenvalue weighted by Gasteiger charge is 2.04. The van der Waals surface area contributed by atoms with Gasteiger partial charge in [-0.2, -0.15) is 0 Å². The topological polar surface area (TPSA) is 27.7 Å². The fourth-order valence-electron chi connectivity index (χ4n) is 1.21. The summed E-state index contributed by atoms with van der Waals surface area (Å²) in [5, 5.41) is 0. The largest absolute Gasteiger partial charge is 0.415 e. The van der Waals surface area contributed by atoms with Gasteiger partial charge in [0.1, 0.15) is 0 Å². The van der Waals surface area contributed by atoms with Crippen LogP contribution in [0.5, 0.6) is 0 Å². The Hall–Kier alpha value is -0.943. The summed E-state index contributed by atoms with van der Waals surface area (Å²) in [6, 6.07) is 10.1. The second-order valence-corrected chi connectivity index (χ2v) is 4.66. The first-order chi connectivity index (χ1) is 7.86. The van der Waals surface area contributed by atoms with Crippen molar-refractivity contribution in [3.63, 3.8) is 0 Å². The molecule has 0 atom stereocenters. The van der Waals surface area contributed by atoms with Crippen LogP contribution in [0.3, 0.4) is 0 Å². The molecule has 0 spiro atoms. The number of hydrogen-bond acceptors (Lipinski definition) is 3. The highest BCUT2D eigenvalue weighted by molar-refractivity contribution is 6.28. The van der Waals surface area contributed by atoms with Gasteiger partial charge in [-0.15, -0.1) is 0 Å². The van der Waals surface area contributed by atoms with Crippen molar-refractivity contribution in [3.8, 4) is 0 Å². The summed E-state index contributed by atoms with van der Waals surface area (Å²) < 4.78 is 15.6. The molecular weight excluding hydrogens is 220 g/mol. The van der Waals surface area contributed by atoms with Gasteiger partial charge in [-0.3, -0.25) is 0 Å². The van der Waals surface area contributed by atoms with E-state index in [4.69, 9.17) is 13.9 Å². The molecule has 0 saturated heterocycles. The van der Waals surface area contributed by atoms with Crippen molar-refractivity contribution in [2.24, 2.45) is 0 Å². The van der Waals surface area contributed by atoms with Gasteiger partial charge in [-0.25, -0.2) is 0 Å². The molecule has 0 amide bonds. The van der Waals surface area contributed by atoms with Crippen LogP contribution in [0.15, 0.2) is 36.4 Å². The van der Waals surface area contributed by atoms with E-state index in [0.717, 1.165) is 0 Å². The van der Waals surface area contributed by atoms with Gasteiger partial charge < -0.3 is 13.9 Å². The molecule has 0 aromatic heterocycles. The summed E-state index contributed by atoms with van der Waals surface area (Å²) in [5.41, 5.74) is 1.18. The van der Waals surface area contributed by atoms with E-state index in [1.807, 2.05) is 30.4 Å². The molecule has 0 aliphatic carbocycles. The Balaban J connectivity index is 2.18. The molecule has 3 nitrogen and oxygen atoms in total. The van der Waals surface area contributed by atoms with Crippen LogP contribution < -0.4 is 0 Å². The van der Waals surface area contributed by atoms with Crippen molar-refractivity contribution in [2.75, 3.05) is 20.8 Å². The van der Waals surface area contributed by atoms with E-state index in [1.54, 1.807) is 14.2 Å². The summed E-state index contributed by atoms with van der Waals surface area (Å²) in [6.45, 7) is 0.615. The van der Waals surface area contributed by atoms with Crippen molar-refractivity contribution < 1.29 is 13.9 Å². The zero-order valence-corrected chi connectivity index (χ0v) is 11.2. The summed E-state index contributed by atoms with van der Waals surface area (Å²) in [5.74, 6) is -0.148. The molecule has 0 aliphatic heterocycles. The van der Waals surface area contributed by atoms with Crippen molar-refractivity contribution in [3.05, 3.63) is 42.0 Å². The zero-order valence-electron chi connectivity index (χ0n) is 9.76. The molecule has 4 heteroatoms. The minimum Gasteiger partial charge on any atom is -0.415 e. The lowest BCUT2D eigenvalue weighted by atomic mass is 10.2. The fraction of sp³-hybridized carbons (Fsp3) is 0.333. The Bertz CT molecular complexity index is 296. The quantitative estimate of drug-likeness (QED) is 0.408. The number of hydrogen-bond donors (Lipinski definition) is 0. The number of rotatable bonds is 7. The number of benzene rings is 1. The minimum atomic E-state index is -0.771. The third-order valence-corrected chi connectivity index (χ3v) is 3.51. The van der Waals surface area contributed by atoms with Gasteiger partial charge in [0.05, 0.1) is 6.61 Å². The molecule has 0 fully saturated rings. The molecule has 0 saturated carbocycles. The van der Waals surface area contributed by atoms with Gasteiger partial charge in [0.15, 0.2) is 5.91 Å². The Morgan fingerprint density at radius 1 is 1.19 bits per heavy atom. The lowest BCUT2D eigenvalue weighted by molar-refractivity contribution is -0.0521. The predicted octanol–water partition coefficient (Wildman–Crippen LogP) is 1.38. The van der Waals surface area contributed by atoms with E-state index in [0.29, 0.717) is 6.61 Å². The maximum Gasteiger partial charge on any atom is 0.224 e. The van der Waals surface area contributed by atoms with Crippen LogP contribution in [-0.2, 0) is 13.9 Å². The average molecular weight is 238 g/mol. The lowest BCUT2D eigenvalue weighted by Crippen LogP contribution is -2.23. The third-order valence-electron chi connectivity index (χ3n) is 2.10. The Labute approximate surface area is 99.0 Å². The summed E-state index contributed by atoms with van der Waals surface area (Å²) >= 11 is 0. The highest BCUT2D eigenvalue weighted by atomic mass is 28.2. The standard InChI is InChI=1S/C12H18O3Si/c1-13-12(14-2)16-15-10-6-9-11-7-4-3-5-8-11/h3-9,12H,10,16H2,1-2H3/b9-6+. The molecule has 16 heavy (non-hydrogen) atoms. The maximum atomic E-state index is 5.50. The van der Waals surface area contributed by atoms with Crippen LogP contribution in [0.25, 0.3) is 6.08 Å². The first-order valence-corrected chi connectivity index (χ1v) is 6.61. The highest BCUT2D eigenvalue weighted by Crippen LogP contribution is 2.00. The maximum absolute atomic E-state index is 5.50. The van der Waals surface area contributed by atoms with Crippen molar-refractivity contribution in [1.29, 1.82) is 0 Å². The van der Waals surface area contributed by atoms with Gasteiger partial charge in [0, 0.05) is 14.2 Å². The molecule has 88 valence electrons. The molecule has 0 N–H and O–H groups in total. The van der Waals surface area contributed by atoms with Crippen LogP contribution >= 0.6 is 0 Å². The van der Waals surface area contributed by atoms with E-state index in [-0.39, 0.29) is 5.91 Å². The first-order valence-electron chi connectivity index (χ1n) is 5.21. The number of ether oxygens (including phenoxy) is 2. The molecule has 0 radical (unpaired) electrons. The van der Waals surface area contributed by atoms with Gasteiger partial charge in [0.25, 0.3) is 0 Å². The number of methoxy groups -OCH3 is 2. The second-order valence-electron chi connectivity index (χ2n) is 3.25. The Morgan fingerprint density at radius 3 is 2.50 bits per heavy atom. The van der Waals surface area contributed by atoms with E-state index in [9.17, 15) is 0 Å². The van der Waals surface area contributed by atoms with Gasteiger partial charge >= 0.3 is 0 Å². The monoisotopic (exact) mass is 238 g/mol. The van der Waals surface area contributed by atoms with Crippen molar-refractivity contribution in [2.45, 2.75) is 5.91 Å². The minimum absolute atomic E-state index is 0.148. The Kier molecular flexibility index (Phi) is 6.76. The third kappa shape index (κ3) is 5.23. The molecule has 1 rings (SSSR count). The summed E-state index contributed by atoms with van der Waals surface area (Å²) in [4.78, 5) is 0. The van der Waals surface area contributed by atoms with Crippen LogP contribution in [-0.4, -0.2) is 36.5 Å². The van der Waals surface area contributed by atoms with E-state index in [1.165, 1.54) is 5.56 Å². The molecule has 1 aromatic rings. The van der Waals surface area contributed by atoms with Crippen molar-refractivity contribution in [1.82, 2.24) is 0 Å². The average Bonchev–Trinajstić information content (AvgIpc) is 2.35. The van der Waals surface area contributed by atoms with Crippen LogP contribution in [0, 0.1) is 0 Å². The SMILES string of the molecule is COC(OC)[SiH2]OC/C=C/c1ccccc1. The second kappa shape index (κ2) is 8.24. The normalized spacial score (nSPS) is 12.2. The van der Waals surface area contributed by atoms with Crippen molar-refractivity contribution >= 4 is 15.8 Å². The first kappa shape index (κ1) is 13.1. The summed E-state index contributed by atoms with van der Waals surface area (Å²) in [7, 11) is 2.49. The predicted molar refractivity (Wildman–Crippen MR) is 67.8 cm³/mol. The van der Waals surface area contributed by atoms with Crippen LogP contribution in [0.1, 0.15) is 5.56 Å². The summed E-state index contributed by atoms with van der Waals surface area (Å²) in [6.07, 6.45) is 4.05. The van der Waals surface area contributed by atoms with E-state index >= 15 is 0 Å². The lowest BCUT2D eigenvalue weighted by Gasteiger charge is -2.11. The van der Waals surface area contributed by atoms with Gasteiger partial charge in [0.2, 0.25) is 9.76 Å². The van der Waals surface area contributed by atoms with Gasteiger partial charge in [-0.1, -0.05) is 42.5 Å². The Morgan fingerprint density at radius 2 is 1.88 bits per heavy atom. The van der Waals surface area contributed by atoms with Gasteiger partial charge in [-0.05, 0) is 5.56 Å². The van der Waals surface area contributed by atoms with Crippen LogP contribution in [0.4, 0.5) is 0 Å². The molecule has 0 bridgehead atoms. The van der Waals surface area contributed by atoms with Crippen LogP contribution in [0.2, 0.25) is 0 Å². The smallest absolute Gasteiger partial charge is 0.224 e. The molecule has 0 aliphatic rings. The van der Waals surface area contributed by atoms with E-state index < -0.39 is 9.76 Å².